The number of nitrogens with one attached hydrogen (secondary N) is 1. The zero-order valence-corrected chi connectivity index (χ0v) is 9.71. The molecular weight excluding hydrogens is 232 g/mol. The van der Waals surface area contributed by atoms with Crippen molar-refractivity contribution in [1.29, 1.82) is 0 Å². The highest BCUT2D eigenvalue weighted by Crippen LogP contribution is 2.28. The lowest BCUT2D eigenvalue weighted by molar-refractivity contribution is 0.102. The summed E-state index contributed by atoms with van der Waals surface area (Å²) < 4.78 is 0. The van der Waals surface area contributed by atoms with Gasteiger partial charge in [0.25, 0.3) is 5.91 Å². The molecule has 3 N–H and O–H groups in total. The SMILES string of the molecule is Cc1ncccc1NC(=O)c1cccc(O)c1O. The van der Waals surface area contributed by atoms with Crippen molar-refractivity contribution < 1.29 is 15.0 Å². The fourth-order valence-corrected chi connectivity index (χ4v) is 1.52. The Morgan fingerprint density at radius 3 is 2.72 bits per heavy atom. The standard InChI is InChI=1S/C13H12N2O3/c1-8-10(5-3-7-14-8)15-13(18)9-4-2-6-11(16)12(9)17/h2-7,16-17H,1H3,(H,15,18). The highest BCUT2D eigenvalue weighted by atomic mass is 16.3. The molecule has 0 radical (unpaired) electrons. The summed E-state index contributed by atoms with van der Waals surface area (Å²) in [7, 11) is 0. The highest BCUT2D eigenvalue weighted by molar-refractivity contribution is 6.06. The first-order valence-electron chi connectivity index (χ1n) is 5.33. The Morgan fingerprint density at radius 2 is 2.00 bits per heavy atom. The van der Waals surface area contributed by atoms with Crippen molar-refractivity contribution in [2.45, 2.75) is 6.92 Å². The van der Waals surface area contributed by atoms with Gasteiger partial charge in [-0.2, -0.15) is 0 Å². The van der Waals surface area contributed by atoms with Crippen molar-refractivity contribution in [2.24, 2.45) is 0 Å². The van der Waals surface area contributed by atoms with Gasteiger partial charge in [0, 0.05) is 6.20 Å². The van der Waals surface area contributed by atoms with E-state index in [-0.39, 0.29) is 11.3 Å². The molecule has 5 heteroatoms. The third-order valence-electron chi connectivity index (χ3n) is 2.51. The minimum atomic E-state index is -0.500. The summed E-state index contributed by atoms with van der Waals surface area (Å²) in [5.41, 5.74) is 1.24. The summed E-state index contributed by atoms with van der Waals surface area (Å²) >= 11 is 0. The normalized spacial score (nSPS) is 10.1. The summed E-state index contributed by atoms with van der Waals surface area (Å²) in [6.07, 6.45) is 1.62. The van der Waals surface area contributed by atoms with E-state index in [2.05, 4.69) is 10.3 Å². The third kappa shape index (κ3) is 2.24. The minimum Gasteiger partial charge on any atom is -0.504 e. The summed E-state index contributed by atoms with van der Waals surface area (Å²) in [5.74, 6) is -1.26. The van der Waals surface area contributed by atoms with Gasteiger partial charge < -0.3 is 15.5 Å². The van der Waals surface area contributed by atoms with Crippen LogP contribution in [0.3, 0.4) is 0 Å². The van der Waals surface area contributed by atoms with Gasteiger partial charge in [-0.05, 0) is 31.2 Å². The maximum absolute atomic E-state index is 11.9. The Morgan fingerprint density at radius 1 is 1.22 bits per heavy atom. The molecule has 0 aliphatic carbocycles. The first-order valence-corrected chi connectivity index (χ1v) is 5.33. The molecule has 5 nitrogen and oxygen atoms in total. The van der Waals surface area contributed by atoms with Crippen LogP contribution < -0.4 is 5.32 Å². The number of para-hydroxylation sites is 1. The van der Waals surface area contributed by atoms with Crippen LogP contribution in [0.25, 0.3) is 0 Å². The lowest BCUT2D eigenvalue weighted by Crippen LogP contribution is -2.13. The molecule has 0 spiro atoms. The van der Waals surface area contributed by atoms with E-state index in [4.69, 9.17) is 0 Å². The Labute approximate surface area is 104 Å². The van der Waals surface area contributed by atoms with Crippen LogP contribution in [0.15, 0.2) is 36.5 Å². The molecule has 18 heavy (non-hydrogen) atoms. The number of aromatic nitrogens is 1. The number of hydrogen-bond donors (Lipinski definition) is 3. The number of aryl methyl sites for hydroxylation is 1. The van der Waals surface area contributed by atoms with E-state index in [1.165, 1.54) is 18.2 Å². The first-order chi connectivity index (χ1) is 8.59. The van der Waals surface area contributed by atoms with Crippen molar-refractivity contribution in [3.05, 3.63) is 47.8 Å². The molecule has 1 amide bonds. The zero-order chi connectivity index (χ0) is 13.1. The van der Waals surface area contributed by atoms with Gasteiger partial charge in [-0.25, -0.2) is 0 Å². The zero-order valence-electron chi connectivity index (χ0n) is 9.71. The summed E-state index contributed by atoms with van der Waals surface area (Å²) in [6, 6.07) is 7.63. The number of anilines is 1. The van der Waals surface area contributed by atoms with Gasteiger partial charge in [0.1, 0.15) is 0 Å². The molecule has 2 aromatic rings. The molecule has 1 aromatic heterocycles. The maximum atomic E-state index is 11.9. The number of amides is 1. The van der Waals surface area contributed by atoms with Gasteiger partial charge in [-0.15, -0.1) is 0 Å². The molecule has 92 valence electrons. The molecule has 0 bridgehead atoms. The number of phenolic OH excluding ortho intramolecular Hbond substituents is 2. The van der Waals surface area contributed by atoms with Gasteiger partial charge >= 0.3 is 0 Å². The van der Waals surface area contributed by atoms with Crippen LogP contribution in [0.1, 0.15) is 16.1 Å². The van der Waals surface area contributed by atoms with E-state index in [9.17, 15) is 15.0 Å². The molecule has 1 heterocycles. The number of aromatic hydroxyl groups is 2. The summed E-state index contributed by atoms with van der Waals surface area (Å²) in [6.45, 7) is 1.76. The molecule has 0 aliphatic rings. The van der Waals surface area contributed by atoms with Crippen LogP contribution >= 0.6 is 0 Å². The average molecular weight is 244 g/mol. The fourth-order valence-electron chi connectivity index (χ4n) is 1.52. The van der Waals surface area contributed by atoms with Crippen molar-refractivity contribution >= 4 is 11.6 Å². The lowest BCUT2D eigenvalue weighted by Gasteiger charge is -2.09. The Bertz CT molecular complexity index is 597. The monoisotopic (exact) mass is 244 g/mol. The fraction of sp³-hybridized carbons (Fsp3) is 0.0769. The average Bonchev–Trinajstić information content (AvgIpc) is 2.35. The minimum absolute atomic E-state index is 0.0123. The first kappa shape index (κ1) is 11.9. The summed E-state index contributed by atoms with van der Waals surface area (Å²) in [4.78, 5) is 16.0. The van der Waals surface area contributed by atoms with Gasteiger partial charge in [0.2, 0.25) is 0 Å². The van der Waals surface area contributed by atoms with E-state index in [1.54, 1.807) is 25.3 Å². The molecule has 0 fully saturated rings. The van der Waals surface area contributed by atoms with Crippen LogP contribution in [0.2, 0.25) is 0 Å². The predicted molar refractivity (Wildman–Crippen MR) is 66.7 cm³/mol. The number of nitrogens with zero attached hydrogens (tertiary/aromatic N) is 1. The number of carbonyl (C=O) groups is 1. The molecule has 2 rings (SSSR count). The molecule has 0 saturated heterocycles. The number of carbonyl (C=O) groups excluding carboxylic acids is 1. The molecular formula is C13H12N2O3. The number of pyridine rings is 1. The number of phenols is 2. The van der Waals surface area contributed by atoms with Crippen LogP contribution in [-0.2, 0) is 0 Å². The molecule has 1 aromatic carbocycles. The van der Waals surface area contributed by atoms with E-state index in [1.807, 2.05) is 0 Å². The van der Waals surface area contributed by atoms with Crippen molar-refractivity contribution in [1.82, 2.24) is 4.98 Å². The van der Waals surface area contributed by atoms with Crippen molar-refractivity contribution in [2.75, 3.05) is 5.32 Å². The quantitative estimate of drug-likeness (QED) is 0.706. The van der Waals surface area contributed by atoms with Crippen LogP contribution in [-0.4, -0.2) is 21.1 Å². The van der Waals surface area contributed by atoms with Gasteiger partial charge in [-0.3, -0.25) is 9.78 Å². The lowest BCUT2D eigenvalue weighted by atomic mass is 10.1. The third-order valence-corrected chi connectivity index (χ3v) is 2.51. The smallest absolute Gasteiger partial charge is 0.259 e. The van der Waals surface area contributed by atoms with E-state index < -0.39 is 11.7 Å². The van der Waals surface area contributed by atoms with Crippen LogP contribution in [0.5, 0.6) is 11.5 Å². The molecule has 0 unspecified atom stereocenters. The molecule has 0 atom stereocenters. The second kappa shape index (κ2) is 4.75. The predicted octanol–water partition coefficient (Wildman–Crippen LogP) is 2.05. The Balaban J connectivity index is 2.28. The van der Waals surface area contributed by atoms with Crippen molar-refractivity contribution in [3.8, 4) is 11.5 Å². The van der Waals surface area contributed by atoms with Crippen LogP contribution in [0, 0.1) is 6.92 Å². The van der Waals surface area contributed by atoms with Gasteiger partial charge in [0.05, 0.1) is 16.9 Å². The van der Waals surface area contributed by atoms with Gasteiger partial charge in [-0.1, -0.05) is 6.07 Å². The Kier molecular flexibility index (Phi) is 3.14. The maximum Gasteiger partial charge on any atom is 0.259 e. The van der Waals surface area contributed by atoms with E-state index in [0.717, 1.165) is 0 Å². The molecule has 0 aliphatic heterocycles. The highest BCUT2D eigenvalue weighted by Gasteiger charge is 2.14. The second-order valence-corrected chi connectivity index (χ2v) is 3.76. The largest absolute Gasteiger partial charge is 0.504 e. The second-order valence-electron chi connectivity index (χ2n) is 3.76. The van der Waals surface area contributed by atoms with Crippen LogP contribution in [0.4, 0.5) is 5.69 Å². The summed E-state index contributed by atoms with van der Waals surface area (Å²) in [5, 5.41) is 21.5. The number of benzene rings is 1. The van der Waals surface area contributed by atoms with E-state index in [0.29, 0.717) is 11.4 Å². The topological polar surface area (TPSA) is 82.5 Å². The van der Waals surface area contributed by atoms with E-state index >= 15 is 0 Å². The molecule has 0 saturated carbocycles. The van der Waals surface area contributed by atoms with Gasteiger partial charge in [0.15, 0.2) is 11.5 Å². The number of hydrogen-bond acceptors (Lipinski definition) is 4. The number of rotatable bonds is 2. The van der Waals surface area contributed by atoms with Crippen molar-refractivity contribution in [3.63, 3.8) is 0 Å². The Hall–Kier alpha value is -2.56.